The first-order valence-electron chi connectivity index (χ1n) is 12.6. The van der Waals surface area contributed by atoms with Crippen molar-refractivity contribution in [2.45, 2.75) is 0 Å². The average molecular weight is 499 g/mol. The van der Waals surface area contributed by atoms with Crippen molar-refractivity contribution in [3.63, 3.8) is 0 Å². The van der Waals surface area contributed by atoms with Gasteiger partial charge in [0.05, 0.1) is 42.5 Å². The monoisotopic (exact) mass is 498 g/mol. The Morgan fingerprint density at radius 1 is 0.919 bits per heavy atom. The van der Waals surface area contributed by atoms with Crippen LogP contribution < -0.4 is 15.1 Å². The molecule has 2 N–H and O–H groups in total. The van der Waals surface area contributed by atoms with Crippen LogP contribution in [0.1, 0.15) is 10.5 Å². The van der Waals surface area contributed by atoms with Gasteiger partial charge in [0.2, 0.25) is 0 Å². The van der Waals surface area contributed by atoms with Crippen LogP contribution in [-0.2, 0) is 4.74 Å². The van der Waals surface area contributed by atoms with Crippen LogP contribution in [0.5, 0.6) is 0 Å². The molecule has 10 heteroatoms. The van der Waals surface area contributed by atoms with Crippen LogP contribution >= 0.6 is 0 Å². The van der Waals surface area contributed by atoms with Gasteiger partial charge in [-0.1, -0.05) is 6.07 Å². The summed E-state index contributed by atoms with van der Waals surface area (Å²) in [7, 11) is 2.13. The zero-order chi connectivity index (χ0) is 25.2. The Balaban J connectivity index is 1.20. The minimum Gasteiger partial charge on any atom is -0.378 e. The van der Waals surface area contributed by atoms with E-state index in [2.05, 4.69) is 53.3 Å². The molecular formula is C27H30N8O2. The fraction of sp³-hybridized carbons (Fsp3) is 0.333. The number of carbonyl (C=O) groups is 1. The minimum atomic E-state index is -0.280. The van der Waals surface area contributed by atoms with E-state index in [1.807, 2.05) is 42.7 Å². The number of aromatic nitrogens is 4. The summed E-state index contributed by atoms with van der Waals surface area (Å²) in [6, 6.07) is 11.9. The number of nitrogens with zero attached hydrogens (tertiary/aromatic N) is 6. The predicted molar refractivity (Wildman–Crippen MR) is 144 cm³/mol. The predicted octanol–water partition coefficient (Wildman–Crippen LogP) is 2.86. The van der Waals surface area contributed by atoms with Crippen molar-refractivity contribution in [1.82, 2.24) is 25.1 Å². The van der Waals surface area contributed by atoms with E-state index in [-0.39, 0.29) is 5.91 Å². The lowest BCUT2D eigenvalue weighted by Gasteiger charge is -2.33. The van der Waals surface area contributed by atoms with Crippen molar-refractivity contribution >= 4 is 34.0 Å². The minimum absolute atomic E-state index is 0.280. The Morgan fingerprint density at radius 2 is 1.76 bits per heavy atom. The third kappa shape index (κ3) is 4.98. The lowest BCUT2D eigenvalue weighted by Crippen LogP contribution is -2.44. The number of amides is 1. The first-order chi connectivity index (χ1) is 18.1. The average Bonchev–Trinajstić information content (AvgIpc) is 3.38. The number of anilines is 3. The molecule has 10 nitrogen and oxygen atoms in total. The number of pyridine rings is 2. The molecule has 0 unspecified atom stereocenters. The summed E-state index contributed by atoms with van der Waals surface area (Å²) in [6.07, 6.45) is 5.43. The van der Waals surface area contributed by atoms with Crippen LogP contribution in [0, 0.1) is 0 Å². The van der Waals surface area contributed by atoms with E-state index in [1.165, 1.54) is 0 Å². The van der Waals surface area contributed by atoms with Gasteiger partial charge in [0.25, 0.3) is 5.91 Å². The Bertz CT molecular complexity index is 1390. The number of nitrogens with one attached hydrogen (secondary N) is 2. The molecule has 3 aromatic heterocycles. The molecule has 1 amide bonds. The Hall–Kier alpha value is -4.02. The highest BCUT2D eigenvalue weighted by Crippen LogP contribution is 2.28. The highest BCUT2D eigenvalue weighted by Gasteiger charge is 2.18. The van der Waals surface area contributed by atoms with Gasteiger partial charge in [-0.15, -0.1) is 0 Å². The molecule has 0 bridgehead atoms. The second kappa shape index (κ2) is 10.2. The number of H-pyrrole nitrogens is 1. The molecule has 2 aliphatic heterocycles. The largest absolute Gasteiger partial charge is 0.378 e. The summed E-state index contributed by atoms with van der Waals surface area (Å²) in [5, 5.41) is 11.0. The van der Waals surface area contributed by atoms with Gasteiger partial charge in [0.1, 0.15) is 5.82 Å². The van der Waals surface area contributed by atoms with Crippen LogP contribution in [0.25, 0.3) is 22.0 Å². The number of carbonyl (C=O) groups excluding carboxylic acids is 1. The van der Waals surface area contributed by atoms with Gasteiger partial charge in [-0.05, 0) is 42.9 Å². The van der Waals surface area contributed by atoms with Gasteiger partial charge in [0.15, 0.2) is 5.69 Å². The molecule has 37 heavy (non-hydrogen) atoms. The standard InChI is InChI=1S/C27H30N8O2/c1-33-6-8-35(9-7-33)25-5-3-21(17-29-25)30-27(36)26-23-15-19(2-4-24(23)31-32-26)20-14-22(18-28-16-20)34-10-12-37-13-11-34/h2-5,14-18H,6-13H2,1H3,(H,30,36)(H,31,32). The first-order valence-corrected chi connectivity index (χ1v) is 12.6. The normalized spacial score (nSPS) is 16.8. The molecule has 0 radical (unpaired) electrons. The smallest absolute Gasteiger partial charge is 0.276 e. The van der Waals surface area contributed by atoms with Crippen molar-refractivity contribution in [3.05, 3.63) is 60.7 Å². The Morgan fingerprint density at radius 3 is 2.54 bits per heavy atom. The second-order valence-electron chi connectivity index (χ2n) is 9.51. The maximum Gasteiger partial charge on any atom is 0.276 e. The van der Waals surface area contributed by atoms with Crippen LogP contribution in [-0.4, -0.2) is 90.5 Å². The van der Waals surface area contributed by atoms with E-state index < -0.39 is 0 Å². The van der Waals surface area contributed by atoms with Gasteiger partial charge in [0, 0.05) is 56.4 Å². The number of fused-ring (bicyclic) bond motifs is 1. The van der Waals surface area contributed by atoms with E-state index in [4.69, 9.17) is 4.74 Å². The van der Waals surface area contributed by atoms with Crippen LogP contribution in [0.2, 0.25) is 0 Å². The number of hydrogen-bond acceptors (Lipinski definition) is 8. The van der Waals surface area contributed by atoms with Crippen molar-refractivity contribution in [2.75, 3.05) is 74.6 Å². The Labute approximate surface area is 215 Å². The van der Waals surface area contributed by atoms with Gasteiger partial charge in [-0.3, -0.25) is 14.9 Å². The third-order valence-corrected chi connectivity index (χ3v) is 7.04. The number of piperazine rings is 1. The van der Waals surface area contributed by atoms with Crippen LogP contribution in [0.3, 0.4) is 0 Å². The number of hydrogen-bond donors (Lipinski definition) is 2. The van der Waals surface area contributed by atoms with E-state index >= 15 is 0 Å². The molecule has 2 saturated heterocycles. The van der Waals surface area contributed by atoms with Crippen molar-refractivity contribution in [3.8, 4) is 11.1 Å². The molecule has 0 spiro atoms. The molecule has 2 aliphatic rings. The zero-order valence-electron chi connectivity index (χ0n) is 20.9. The highest BCUT2D eigenvalue weighted by molar-refractivity contribution is 6.11. The lowest BCUT2D eigenvalue weighted by molar-refractivity contribution is 0.102. The Kier molecular flexibility index (Phi) is 6.42. The van der Waals surface area contributed by atoms with Crippen molar-refractivity contribution in [1.29, 1.82) is 0 Å². The fourth-order valence-electron chi connectivity index (χ4n) is 4.82. The highest BCUT2D eigenvalue weighted by atomic mass is 16.5. The van der Waals surface area contributed by atoms with E-state index in [1.54, 1.807) is 6.20 Å². The number of morpholine rings is 1. The zero-order valence-corrected chi connectivity index (χ0v) is 20.9. The number of aromatic amines is 1. The van der Waals surface area contributed by atoms with E-state index in [9.17, 15) is 4.79 Å². The fourth-order valence-corrected chi connectivity index (χ4v) is 4.82. The molecule has 190 valence electrons. The quantitative estimate of drug-likeness (QED) is 0.433. The number of ether oxygens (including phenoxy) is 1. The maximum atomic E-state index is 13.2. The first kappa shape index (κ1) is 23.4. The molecule has 0 aliphatic carbocycles. The molecule has 2 fully saturated rings. The molecule has 0 atom stereocenters. The van der Waals surface area contributed by atoms with E-state index in [0.29, 0.717) is 11.4 Å². The van der Waals surface area contributed by atoms with Crippen molar-refractivity contribution in [2.24, 2.45) is 0 Å². The van der Waals surface area contributed by atoms with Crippen LogP contribution in [0.4, 0.5) is 17.2 Å². The summed E-state index contributed by atoms with van der Waals surface area (Å²) in [5.74, 6) is 0.645. The molecule has 1 aromatic carbocycles. The molecule has 4 aromatic rings. The SMILES string of the molecule is CN1CCN(c2ccc(NC(=O)c3n[nH]c4ccc(-c5cncc(N6CCOCC6)c5)cc34)cn2)CC1. The molecular weight excluding hydrogens is 468 g/mol. The van der Waals surface area contributed by atoms with Gasteiger partial charge >= 0.3 is 0 Å². The van der Waals surface area contributed by atoms with Gasteiger partial charge < -0.3 is 24.8 Å². The number of benzene rings is 1. The van der Waals surface area contributed by atoms with E-state index in [0.717, 1.165) is 86.0 Å². The number of rotatable bonds is 5. The van der Waals surface area contributed by atoms with Crippen molar-refractivity contribution < 1.29 is 9.53 Å². The maximum absolute atomic E-state index is 13.2. The topological polar surface area (TPSA) is 103 Å². The summed E-state index contributed by atoms with van der Waals surface area (Å²) in [5.41, 5.74) is 4.81. The van der Waals surface area contributed by atoms with Gasteiger partial charge in [-0.25, -0.2) is 4.98 Å². The molecule has 0 saturated carbocycles. The molecule has 6 rings (SSSR count). The molecule has 5 heterocycles. The number of likely N-dealkylation sites (N-methyl/N-ethyl adjacent to an activating group) is 1. The summed E-state index contributed by atoms with van der Waals surface area (Å²) in [6.45, 7) is 7.06. The third-order valence-electron chi connectivity index (χ3n) is 7.04. The van der Waals surface area contributed by atoms with Crippen LogP contribution in [0.15, 0.2) is 55.0 Å². The summed E-state index contributed by atoms with van der Waals surface area (Å²) < 4.78 is 5.47. The van der Waals surface area contributed by atoms with Gasteiger partial charge in [-0.2, -0.15) is 5.10 Å². The summed E-state index contributed by atoms with van der Waals surface area (Å²) in [4.78, 5) is 29.0. The summed E-state index contributed by atoms with van der Waals surface area (Å²) >= 11 is 0. The second-order valence-corrected chi connectivity index (χ2v) is 9.51. The lowest BCUT2D eigenvalue weighted by atomic mass is 10.0.